The first-order valence-corrected chi connectivity index (χ1v) is 9.44. The van der Waals surface area contributed by atoms with Gasteiger partial charge in [-0.3, -0.25) is 0 Å². The molecule has 2 saturated carbocycles. The van der Waals surface area contributed by atoms with Gasteiger partial charge in [0.25, 0.3) is 0 Å². The van der Waals surface area contributed by atoms with Crippen LogP contribution < -0.4 is 0 Å². The maximum absolute atomic E-state index is 3.82. The first-order valence-electron chi connectivity index (χ1n) is 9.44. The maximum atomic E-state index is 3.82. The fourth-order valence-electron chi connectivity index (χ4n) is 4.74. The molecule has 0 saturated heterocycles. The van der Waals surface area contributed by atoms with Gasteiger partial charge in [0.15, 0.2) is 0 Å². The van der Waals surface area contributed by atoms with Crippen molar-refractivity contribution in [3.63, 3.8) is 0 Å². The molecular weight excluding hydrogens is 240 g/mol. The van der Waals surface area contributed by atoms with Gasteiger partial charge < -0.3 is 0 Å². The molecule has 0 amide bonds. The smallest absolute Gasteiger partial charge is 0.0353 e. The second-order valence-corrected chi connectivity index (χ2v) is 7.54. The molecule has 0 aromatic rings. The van der Waals surface area contributed by atoms with E-state index in [1.165, 1.54) is 57.8 Å². The predicted molar refractivity (Wildman–Crippen MR) is 89.9 cm³/mol. The molecule has 0 aromatic carbocycles. The number of unbranched alkanes of at least 4 members (excludes halogenated alkanes) is 2. The molecule has 0 unspecified atom stereocenters. The van der Waals surface area contributed by atoms with Crippen LogP contribution in [-0.4, -0.2) is 0 Å². The second kappa shape index (κ2) is 8.90. The molecule has 2 aliphatic carbocycles. The molecule has 0 radical (unpaired) electrons. The molecule has 0 aromatic heterocycles. The van der Waals surface area contributed by atoms with Crippen LogP contribution in [0, 0.1) is 23.7 Å². The topological polar surface area (TPSA) is 0 Å². The van der Waals surface area contributed by atoms with Gasteiger partial charge in [0, 0.05) is 0 Å². The SMILES string of the molecule is C=CCCCCC1CCC(C2CCC(CC)CC2)CC1. The van der Waals surface area contributed by atoms with Gasteiger partial charge in [-0.15, -0.1) is 6.58 Å². The molecule has 0 atom stereocenters. The molecule has 0 heterocycles. The Morgan fingerprint density at radius 1 is 0.800 bits per heavy atom. The summed E-state index contributed by atoms with van der Waals surface area (Å²) >= 11 is 0. The van der Waals surface area contributed by atoms with Crippen LogP contribution in [0.2, 0.25) is 0 Å². The Kier molecular flexibility index (Phi) is 7.17. The van der Waals surface area contributed by atoms with E-state index in [2.05, 4.69) is 19.6 Å². The van der Waals surface area contributed by atoms with Crippen LogP contribution in [0.1, 0.15) is 90.4 Å². The fraction of sp³-hybridized carbons (Fsp3) is 0.900. The van der Waals surface area contributed by atoms with E-state index in [-0.39, 0.29) is 0 Å². The molecule has 0 nitrogen and oxygen atoms in total. The Morgan fingerprint density at radius 2 is 1.35 bits per heavy atom. The zero-order chi connectivity index (χ0) is 14.2. The van der Waals surface area contributed by atoms with E-state index in [4.69, 9.17) is 0 Å². The molecule has 116 valence electrons. The Labute approximate surface area is 127 Å². The highest BCUT2D eigenvalue weighted by Crippen LogP contribution is 2.42. The minimum atomic E-state index is 1.06. The van der Waals surface area contributed by atoms with Crippen LogP contribution in [0.25, 0.3) is 0 Å². The highest BCUT2D eigenvalue weighted by Gasteiger charge is 2.30. The first kappa shape index (κ1) is 16.1. The summed E-state index contributed by atoms with van der Waals surface area (Å²) in [6.45, 7) is 6.20. The predicted octanol–water partition coefficient (Wildman–Crippen LogP) is 6.76. The third-order valence-corrected chi connectivity index (χ3v) is 6.30. The molecule has 2 fully saturated rings. The van der Waals surface area contributed by atoms with Crippen molar-refractivity contribution in [2.24, 2.45) is 23.7 Å². The van der Waals surface area contributed by atoms with E-state index < -0.39 is 0 Å². The van der Waals surface area contributed by atoms with E-state index in [1.54, 1.807) is 25.7 Å². The van der Waals surface area contributed by atoms with Gasteiger partial charge in [-0.05, 0) is 62.2 Å². The molecule has 2 rings (SSSR count). The zero-order valence-corrected chi connectivity index (χ0v) is 13.8. The lowest BCUT2D eigenvalue weighted by Crippen LogP contribution is -2.25. The van der Waals surface area contributed by atoms with E-state index in [0.717, 1.165) is 23.7 Å². The summed E-state index contributed by atoms with van der Waals surface area (Å²) in [6, 6.07) is 0. The Hall–Kier alpha value is -0.260. The number of allylic oxidation sites excluding steroid dienone is 1. The van der Waals surface area contributed by atoms with Crippen LogP contribution in [0.5, 0.6) is 0 Å². The quantitative estimate of drug-likeness (QED) is 0.356. The minimum absolute atomic E-state index is 1.06. The summed E-state index contributed by atoms with van der Waals surface area (Å²) in [5, 5.41) is 0. The van der Waals surface area contributed by atoms with Crippen LogP contribution in [0.3, 0.4) is 0 Å². The minimum Gasteiger partial charge on any atom is -0.103 e. The third kappa shape index (κ3) is 4.93. The van der Waals surface area contributed by atoms with Crippen molar-refractivity contribution in [2.45, 2.75) is 90.4 Å². The van der Waals surface area contributed by atoms with Crippen molar-refractivity contribution in [3.05, 3.63) is 12.7 Å². The molecule has 0 spiro atoms. The summed E-state index contributed by atoms with van der Waals surface area (Å²) in [4.78, 5) is 0. The monoisotopic (exact) mass is 276 g/mol. The van der Waals surface area contributed by atoms with E-state index in [1.807, 2.05) is 0 Å². The summed E-state index contributed by atoms with van der Waals surface area (Å²) < 4.78 is 0. The molecule has 0 aliphatic heterocycles. The van der Waals surface area contributed by atoms with Gasteiger partial charge in [0.2, 0.25) is 0 Å². The molecular formula is C20H36. The van der Waals surface area contributed by atoms with Crippen LogP contribution in [0.15, 0.2) is 12.7 Å². The lowest BCUT2D eigenvalue weighted by atomic mass is 9.68. The summed E-state index contributed by atoms with van der Waals surface area (Å²) in [6.07, 6.45) is 21.3. The second-order valence-electron chi connectivity index (χ2n) is 7.54. The molecule has 2 aliphatic rings. The third-order valence-electron chi connectivity index (χ3n) is 6.30. The van der Waals surface area contributed by atoms with Crippen molar-refractivity contribution in [1.29, 1.82) is 0 Å². The summed E-state index contributed by atoms with van der Waals surface area (Å²) in [7, 11) is 0. The van der Waals surface area contributed by atoms with Crippen molar-refractivity contribution in [3.8, 4) is 0 Å². The Bertz CT molecular complexity index is 251. The number of rotatable bonds is 7. The maximum Gasteiger partial charge on any atom is -0.0353 e. The summed E-state index contributed by atoms with van der Waals surface area (Å²) in [5.41, 5.74) is 0. The first-order chi connectivity index (χ1) is 9.83. The normalized spacial score (nSPS) is 34.9. The average molecular weight is 277 g/mol. The van der Waals surface area contributed by atoms with Crippen molar-refractivity contribution < 1.29 is 0 Å². The molecule has 0 bridgehead atoms. The highest BCUT2D eigenvalue weighted by molar-refractivity contribution is 4.82. The number of hydrogen-bond donors (Lipinski definition) is 0. The van der Waals surface area contributed by atoms with E-state index in [0.29, 0.717) is 0 Å². The molecule has 0 N–H and O–H groups in total. The Morgan fingerprint density at radius 3 is 1.85 bits per heavy atom. The lowest BCUT2D eigenvalue weighted by Gasteiger charge is -2.37. The van der Waals surface area contributed by atoms with Gasteiger partial charge in [0.05, 0.1) is 0 Å². The number of hydrogen-bond acceptors (Lipinski definition) is 0. The van der Waals surface area contributed by atoms with E-state index >= 15 is 0 Å². The Balaban J connectivity index is 1.60. The van der Waals surface area contributed by atoms with Crippen molar-refractivity contribution in [1.82, 2.24) is 0 Å². The van der Waals surface area contributed by atoms with Gasteiger partial charge in [-0.2, -0.15) is 0 Å². The van der Waals surface area contributed by atoms with Crippen LogP contribution in [0.4, 0.5) is 0 Å². The van der Waals surface area contributed by atoms with Crippen molar-refractivity contribution >= 4 is 0 Å². The standard InChI is InChI=1S/C20H36/c1-3-5-6-7-8-18-11-15-20(16-12-18)19-13-9-17(4-2)10-14-19/h3,17-20H,1,4-16H2,2H3. The van der Waals surface area contributed by atoms with Gasteiger partial charge in [-0.25, -0.2) is 0 Å². The van der Waals surface area contributed by atoms with Gasteiger partial charge in [0.1, 0.15) is 0 Å². The molecule has 0 heteroatoms. The highest BCUT2D eigenvalue weighted by atomic mass is 14.4. The van der Waals surface area contributed by atoms with Gasteiger partial charge in [-0.1, -0.05) is 57.9 Å². The zero-order valence-electron chi connectivity index (χ0n) is 13.8. The van der Waals surface area contributed by atoms with Crippen LogP contribution in [-0.2, 0) is 0 Å². The van der Waals surface area contributed by atoms with Crippen LogP contribution >= 0.6 is 0 Å². The van der Waals surface area contributed by atoms with Gasteiger partial charge >= 0.3 is 0 Å². The summed E-state index contributed by atoms with van der Waals surface area (Å²) in [5.74, 6) is 4.31. The fourth-order valence-corrected chi connectivity index (χ4v) is 4.74. The lowest BCUT2D eigenvalue weighted by molar-refractivity contribution is 0.142. The van der Waals surface area contributed by atoms with E-state index in [9.17, 15) is 0 Å². The largest absolute Gasteiger partial charge is 0.103 e. The van der Waals surface area contributed by atoms with Crippen molar-refractivity contribution in [2.75, 3.05) is 0 Å². The average Bonchev–Trinajstić information content (AvgIpc) is 2.52. The molecule has 20 heavy (non-hydrogen) atoms.